The fourth-order valence-electron chi connectivity index (χ4n) is 4.13. The first-order valence-electron chi connectivity index (χ1n) is 15.3. The molecule has 1 fully saturated rings. The van der Waals surface area contributed by atoms with Crippen LogP contribution in [0.4, 0.5) is 14.7 Å². The standard InChI is InChI=1S/C21H33N7O4.C6H4F2.C6H10/c1-15(2)30-9-6-18(5-7-23-14-29)31-13-19-26-20(27-32-19)16-10-24-21(25-11-16)28-8-3-4-17(22)12-28;7-5-1-2-6(8)4-3-5;1-4-5-6(2)3/h10-11,14-15,17-18H,3-9,12-13,22H2,1-2H3,(H,23,29);1-4H;4-5H,1H2,2-3H3. The van der Waals surface area contributed by atoms with E-state index >= 15 is 0 Å². The Morgan fingerprint density at radius 2 is 1.83 bits per heavy atom. The monoisotopic (exact) mass is 643 g/mol. The summed E-state index contributed by atoms with van der Waals surface area (Å²) >= 11 is 0. The zero-order valence-corrected chi connectivity index (χ0v) is 27.2. The molecule has 2 unspecified atom stereocenters. The molecule has 1 aliphatic rings. The summed E-state index contributed by atoms with van der Waals surface area (Å²) in [6.07, 6.45) is 11.3. The van der Waals surface area contributed by atoms with Crippen molar-refractivity contribution in [3.63, 3.8) is 0 Å². The fraction of sp³-hybridized carbons (Fsp3) is 0.485. The van der Waals surface area contributed by atoms with Crippen LogP contribution in [0.25, 0.3) is 11.4 Å². The molecule has 1 amide bonds. The maximum absolute atomic E-state index is 11.9. The molecule has 46 heavy (non-hydrogen) atoms. The number of halogens is 2. The van der Waals surface area contributed by atoms with Gasteiger partial charge < -0.3 is 29.9 Å². The van der Waals surface area contributed by atoms with Crippen molar-refractivity contribution < 1.29 is 27.6 Å². The van der Waals surface area contributed by atoms with Crippen LogP contribution in [-0.4, -0.2) is 71.0 Å². The van der Waals surface area contributed by atoms with Crippen molar-refractivity contribution in [2.24, 2.45) is 5.73 Å². The highest BCUT2D eigenvalue weighted by atomic mass is 19.1. The Morgan fingerprint density at radius 3 is 2.37 bits per heavy atom. The van der Waals surface area contributed by atoms with Crippen LogP contribution in [0.15, 0.2) is 65.5 Å². The van der Waals surface area contributed by atoms with Gasteiger partial charge in [0.1, 0.15) is 18.2 Å². The van der Waals surface area contributed by atoms with Gasteiger partial charge in [0.2, 0.25) is 18.2 Å². The predicted molar refractivity (Wildman–Crippen MR) is 174 cm³/mol. The normalized spacial score (nSPS) is 14.7. The van der Waals surface area contributed by atoms with Crippen LogP contribution in [0.5, 0.6) is 0 Å². The minimum absolute atomic E-state index is 0.102. The smallest absolute Gasteiger partial charge is 0.252 e. The summed E-state index contributed by atoms with van der Waals surface area (Å²) in [6.45, 7) is 14.5. The van der Waals surface area contributed by atoms with Crippen molar-refractivity contribution in [2.75, 3.05) is 31.1 Å². The Kier molecular flexibility index (Phi) is 17.9. The number of hydrogen-bond acceptors (Lipinski definition) is 10. The minimum atomic E-state index is -0.411. The number of benzene rings is 1. The largest absolute Gasteiger partial charge is 0.379 e. The molecule has 0 aliphatic carbocycles. The molecule has 3 heterocycles. The second kappa shape index (κ2) is 21.6. The summed E-state index contributed by atoms with van der Waals surface area (Å²) in [6, 6.07) is 4.47. The van der Waals surface area contributed by atoms with Crippen molar-refractivity contribution in [1.29, 1.82) is 0 Å². The van der Waals surface area contributed by atoms with Gasteiger partial charge in [0.15, 0.2) is 0 Å². The third kappa shape index (κ3) is 15.8. The molecule has 2 aromatic heterocycles. The van der Waals surface area contributed by atoms with Crippen LogP contribution < -0.4 is 16.0 Å². The lowest BCUT2D eigenvalue weighted by Gasteiger charge is -2.30. The molecule has 0 radical (unpaired) electrons. The number of amides is 1. The van der Waals surface area contributed by atoms with Gasteiger partial charge in [-0.25, -0.2) is 18.7 Å². The minimum Gasteiger partial charge on any atom is -0.379 e. The molecule has 3 N–H and O–H groups in total. The van der Waals surface area contributed by atoms with Gasteiger partial charge in [-0.3, -0.25) is 4.79 Å². The fourth-order valence-corrected chi connectivity index (χ4v) is 4.13. The number of anilines is 1. The molecule has 0 saturated carbocycles. The van der Waals surface area contributed by atoms with Crippen molar-refractivity contribution in [3.05, 3.63) is 78.5 Å². The van der Waals surface area contributed by atoms with Gasteiger partial charge in [0.25, 0.3) is 5.89 Å². The average Bonchev–Trinajstić information content (AvgIpc) is 3.51. The third-order valence-electron chi connectivity index (χ3n) is 6.39. The number of aromatic nitrogens is 4. The molecule has 252 valence electrons. The molecule has 2 atom stereocenters. The van der Waals surface area contributed by atoms with Crippen molar-refractivity contribution >= 4 is 12.4 Å². The summed E-state index contributed by atoms with van der Waals surface area (Å²) in [5, 5.41) is 6.67. The third-order valence-corrected chi connectivity index (χ3v) is 6.39. The van der Waals surface area contributed by atoms with Crippen LogP contribution in [0.2, 0.25) is 0 Å². The van der Waals surface area contributed by atoms with Gasteiger partial charge in [0, 0.05) is 44.7 Å². The Hall–Kier alpha value is -4.07. The highest BCUT2D eigenvalue weighted by molar-refractivity contribution is 5.52. The number of allylic oxidation sites excluding steroid dienone is 3. The number of nitrogens with zero attached hydrogens (tertiary/aromatic N) is 5. The molecule has 3 aromatic rings. The highest BCUT2D eigenvalue weighted by Crippen LogP contribution is 2.19. The Morgan fingerprint density at radius 1 is 1.15 bits per heavy atom. The van der Waals surface area contributed by atoms with Crippen LogP contribution in [-0.2, 0) is 20.9 Å². The van der Waals surface area contributed by atoms with Crippen LogP contribution in [0.1, 0.15) is 59.3 Å². The van der Waals surface area contributed by atoms with Gasteiger partial charge in [-0.05, 0) is 77.6 Å². The van der Waals surface area contributed by atoms with E-state index in [2.05, 4.69) is 36.9 Å². The summed E-state index contributed by atoms with van der Waals surface area (Å²) in [4.78, 5) is 25.9. The molecular formula is C33H47F2N7O4. The topological polar surface area (TPSA) is 142 Å². The van der Waals surface area contributed by atoms with Gasteiger partial charge in [0.05, 0.1) is 17.8 Å². The Bertz CT molecular complexity index is 1280. The molecule has 0 spiro atoms. The molecule has 1 aliphatic heterocycles. The second-order valence-corrected chi connectivity index (χ2v) is 11.0. The lowest BCUT2D eigenvalue weighted by atomic mass is 10.1. The van der Waals surface area contributed by atoms with Gasteiger partial charge in [-0.15, -0.1) is 0 Å². The summed E-state index contributed by atoms with van der Waals surface area (Å²) in [7, 11) is 0. The molecule has 1 aromatic carbocycles. The first-order valence-corrected chi connectivity index (χ1v) is 15.3. The quantitative estimate of drug-likeness (QED) is 0.133. The van der Waals surface area contributed by atoms with E-state index in [0.717, 1.165) is 50.2 Å². The molecule has 1 saturated heterocycles. The number of carbonyl (C=O) groups is 1. The molecule has 0 bridgehead atoms. The van der Waals surface area contributed by atoms with E-state index in [1.165, 1.54) is 5.57 Å². The second-order valence-electron chi connectivity index (χ2n) is 11.0. The van der Waals surface area contributed by atoms with Crippen molar-refractivity contribution in [3.8, 4) is 11.4 Å². The summed E-state index contributed by atoms with van der Waals surface area (Å²) in [5.74, 6) is 0.612. The van der Waals surface area contributed by atoms with Crippen LogP contribution >= 0.6 is 0 Å². The van der Waals surface area contributed by atoms with E-state index in [1.807, 2.05) is 33.8 Å². The number of hydrogen-bond donors (Lipinski definition) is 2. The van der Waals surface area contributed by atoms with E-state index in [0.29, 0.717) is 55.6 Å². The maximum Gasteiger partial charge on any atom is 0.252 e. The Balaban J connectivity index is 0.000000433. The lowest BCUT2D eigenvalue weighted by molar-refractivity contribution is -0.109. The zero-order valence-electron chi connectivity index (χ0n) is 27.2. The summed E-state index contributed by atoms with van der Waals surface area (Å²) in [5.41, 5.74) is 8.01. The van der Waals surface area contributed by atoms with Crippen LogP contribution in [0.3, 0.4) is 0 Å². The Labute approximate surface area is 270 Å². The van der Waals surface area contributed by atoms with Gasteiger partial charge in [-0.2, -0.15) is 4.98 Å². The van der Waals surface area contributed by atoms with E-state index in [9.17, 15) is 13.6 Å². The number of piperidine rings is 1. The maximum atomic E-state index is 11.9. The number of nitrogens with two attached hydrogens (primary N) is 1. The number of ether oxygens (including phenoxy) is 2. The van der Waals surface area contributed by atoms with E-state index in [1.54, 1.807) is 18.5 Å². The molecule has 11 nitrogen and oxygen atoms in total. The highest BCUT2D eigenvalue weighted by Gasteiger charge is 2.19. The van der Waals surface area contributed by atoms with Gasteiger partial charge in [-0.1, -0.05) is 29.5 Å². The first kappa shape index (κ1) is 38.1. The number of nitrogens with one attached hydrogen (secondary N) is 1. The van der Waals surface area contributed by atoms with Gasteiger partial charge >= 0.3 is 0 Å². The van der Waals surface area contributed by atoms with Crippen LogP contribution in [0, 0.1) is 11.6 Å². The number of rotatable bonds is 14. The first-order chi connectivity index (χ1) is 22.1. The molecule has 13 heteroatoms. The lowest BCUT2D eigenvalue weighted by Crippen LogP contribution is -2.43. The zero-order chi connectivity index (χ0) is 33.7. The van der Waals surface area contributed by atoms with E-state index < -0.39 is 11.6 Å². The van der Waals surface area contributed by atoms with Crippen molar-refractivity contribution in [2.45, 2.75) is 78.2 Å². The molecular weight excluding hydrogens is 596 g/mol. The van der Waals surface area contributed by atoms with E-state index in [4.69, 9.17) is 19.7 Å². The predicted octanol–water partition coefficient (Wildman–Crippen LogP) is 5.39. The average molecular weight is 644 g/mol. The summed E-state index contributed by atoms with van der Waals surface area (Å²) < 4.78 is 40.7. The van der Waals surface area contributed by atoms with Crippen molar-refractivity contribution in [1.82, 2.24) is 25.4 Å². The van der Waals surface area contributed by atoms with E-state index in [-0.39, 0.29) is 24.9 Å². The SMILES string of the molecule is C=CC=C(C)C.CC(C)OCCC(CCNC=O)OCc1nc(-c2cnc(N3CCCC(N)C3)nc2)no1.Fc1ccc(F)cc1. The molecule has 4 rings (SSSR count). The number of carbonyl (C=O) groups excluding carboxylic acids is 1.